The summed E-state index contributed by atoms with van der Waals surface area (Å²) in [5.74, 6) is 0. The van der Waals surface area contributed by atoms with Gasteiger partial charge in [-0.25, -0.2) is 8.42 Å². The van der Waals surface area contributed by atoms with Gasteiger partial charge in [0.05, 0.1) is 25.7 Å². The fraction of sp³-hybridized carbons (Fsp3) is 0.431. The lowest BCUT2D eigenvalue weighted by Crippen LogP contribution is -2.47. The SMILES string of the molecule is CC(C)(C)c1ccc([S+](c2ccc(C(C)(C)C)cc2)c2ccc(C(C)(C)C)cc2)cc1.CC(C)(C)c1ccc([S+](c2ccc(C(C)(C)C)cc2)c2ccc(C(C)(C)C)cc2)cc1.O=S(=O)([C-](S(=O)(=O)C(F)(F)F)S(=O)(=O)C(F)(F)F)C(F)(F)F.O=S(=O)([O-])C(F)(F)F. The molecule has 0 amide bonds. The highest BCUT2D eigenvalue weighted by atomic mass is 32.3. The third kappa shape index (κ3) is 21.0. The number of halogens is 12. The van der Waals surface area contributed by atoms with Crippen LogP contribution in [0.4, 0.5) is 52.7 Å². The van der Waals surface area contributed by atoms with E-state index in [1.807, 2.05) is 0 Å². The molecule has 0 atom stereocenters. The lowest BCUT2D eigenvalue weighted by Gasteiger charge is -2.31. The molecule has 0 fully saturated rings. The quantitative estimate of drug-likeness (QED) is 0.0451. The van der Waals surface area contributed by atoms with Gasteiger partial charge in [-0.2, -0.15) is 52.7 Å². The first-order valence-corrected chi connectivity index (χ1v) is 36.2. The van der Waals surface area contributed by atoms with Crippen LogP contribution in [0.1, 0.15) is 158 Å². The number of hydrogen-bond acceptors (Lipinski definition) is 9. The minimum absolute atomic E-state index is 0.120. The molecule has 6 aromatic rings. The summed E-state index contributed by atoms with van der Waals surface area (Å²) in [7, 11) is -30.4. The highest BCUT2D eigenvalue weighted by molar-refractivity contribution is 8.29. The Morgan fingerprint density at radius 1 is 0.250 bits per heavy atom. The molecule has 0 saturated heterocycles. The van der Waals surface area contributed by atoms with Gasteiger partial charge in [-0.3, -0.25) is 25.3 Å². The minimum atomic E-state index is -8.02. The molecule has 0 radical (unpaired) electrons. The summed E-state index contributed by atoms with van der Waals surface area (Å²) in [5.41, 5.74) is -17.5. The van der Waals surface area contributed by atoms with E-state index in [0.717, 1.165) is 0 Å². The van der Waals surface area contributed by atoms with E-state index in [4.69, 9.17) is 13.0 Å². The van der Waals surface area contributed by atoms with Gasteiger partial charge in [0.2, 0.25) is 0 Å². The first kappa shape index (κ1) is 81.2. The molecule has 0 heterocycles. The average Bonchev–Trinajstić information content (AvgIpc) is 0.741. The maximum atomic E-state index is 12.0. The van der Waals surface area contributed by atoms with Crippen LogP contribution in [0.2, 0.25) is 0 Å². The molecule has 0 unspecified atom stereocenters. The zero-order valence-electron chi connectivity index (χ0n) is 54.0. The van der Waals surface area contributed by atoms with Crippen LogP contribution in [-0.2, 0) is 93.9 Å². The van der Waals surface area contributed by atoms with Crippen LogP contribution < -0.4 is 0 Å². The van der Waals surface area contributed by atoms with E-state index in [1.165, 1.54) is 62.8 Å². The van der Waals surface area contributed by atoms with Crippen molar-refractivity contribution < 1.29 is 90.9 Å². The van der Waals surface area contributed by atoms with Crippen molar-refractivity contribution in [3.8, 4) is 0 Å². The van der Waals surface area contributed by atoms with Crippen LogP contribution in [0.25, 0.3) is 0 Å². The average molecular weight is 1420 g/mol. The van der Waals surface area contributed by atoms with Crippen molar-refractivity contribution in [3.63, 3.8) is 0 Å². The van der Waals surface area contributed by atoms with E-state index < -0.39 is 65.6 Å². The van der Waals surface area contributed by atoms with E-state index in [2.05, 4.69) is 270 Å². The summed E-state index contributed by atoms with van der Waals surface area (Å²) in [6.07, 6.45) is 0. The second-order valence-corrected chi connectivity index (χ2v) is 39.1. The van der Waals surface area contributed by atoms with Crippen LogP contribution in [0.15, 0.2) is 175 Å². The topological polar surface area (TPSA) is 160 Å². The Bertz CT molecular complexity index is 3330. The number of sulfone groups is 3. The van der Waals surface area contributed by atoms with Gasteiger partial charge in [-0.1, -0.05) is 197 Å². The Morgan fingerprint density at radius 3 is 0.435 bits per heavy atom. The molecule has 0 bridgehead atoms. The summed E-state index contributed by atoms with van der Waals surface area (Å²) in [6, 6.07) is 55.7. The molecule has 0 spiro atoms. The molecule has 0 aliphatic rings. The fourth-order valence-corrected chi connectivity index (χ4v) is 17.9. The molecular weight excluding hydrogens is 1350 g/mol. The fourth-order valence-electron chi connectivity index (χ4n) is 8.08. The Hall–Kier alpha value is -5.06. The third-order valence-electron chi connectivity index (χ3n) is 13.6. The molecule has 0 aromatic heterocycles. The lowest BCUT2D eigenvalue weighted by molar-refractivity contribution is -0.0519. The van der Waals surface area contributed by atoms with Crippen molar-refractivity contribution in [2.24, 2.45) is 0 Å². The number of hydrogen-bond donors (Lipinski definition) is 0. The normalized spacial score (nSPS) is 13.8. The minimum Gasteiger partial charge on any atom is -0.741 e. The van der Waals surface area contributed by atoms with Crippen molar-refractivity contribution in [1.82, 2.24) is 0 Å². The van der Waals surface area contributed by atoms with Crippen molar-refractivity contribution in [1.29, 1.82) is 0 Å². The first-order valence-electron chi connectivity index (χ1n) is 27.8. The lowest BCUT2D eigenvalue weighted by atomic mass is 9.87. The van der Waals surface area contributed by atoms with E-state index in [1.54, 1.807) is 0 Å². The van der Waals surface area contributed by atoms with Crippen molar-refractivity contribution in [2.75, 3.05) is 0 Å². The van der Waals surface area contributed by atoms with E-state index in [9.17, 15) is 77.9 Å². The van der Waals surface area contributed by atoms with Gasteiger partial charge in [0.1, 0.15) is 0 Å². The van der Waals surface area contributed by atoms with Crippen LogP contribution in [0.3, 0.4) is 0 Å². The Kier molecular flexibility index (Phi) is 25.0. The Morgan fingerprint density at radius 2 is 0.359 bits per heavy atom. The molecule has 0 N–H and O–H groups in total. The predicted octanol–water partition coefficient (Wildman–Crippen LogP) is 18.6. The third-order valence-corrected chi connectivity index (χ3v) is 25.7. The number of alkyl halides is 12. The van der Waals surface area contributed by atoms with Crippen molar-refractivity contribution >= 4 is 61.4 Å². The van der Waals surface area contributed by atoms with E-state index in [0.29, 0.717) is 0 Å². The smallest absolute Gasteiger partial charge is 0.485 e. The molecule has 92 heavy (non-hydrogen) atoms. The second kappa shape index (κ2) is 28.3. The summed E-state index contributed by atoms with van der Waals surface area (Å²) in [4.78, 5) is 8.25. The van der Waals surface area contributed by atoms with E-state index >= 15 is 0 Å². The Labute approximate surface area is 540 Å². The molecule has 0 aliphatic heterocycles. The van der Waals surface area contributed by atoms with Crippen LogP contribution in [-0.4, -0.2) is 60.3 Å². The van der Waals surface area contributed by atoms with Crippen LogP contribution in [0, 0.1) is 3.91 Å². The largest absolute Gasteiger partial charge is 0.741 e. The summed E-state index contributed by atoms with van der Waals surface area (Å²) < 4.78 is 226. The van der Waals surface area contributed by atoms with Gasteiger partial charge in [0, 0.05) is 0 Å². The van der Waals surface area contributed by atoms with Gasteiger partial charge in [-0.15, -0.1) is 0 Å². The maximum absolute atomic E-state index is 12.0. The zero-order chi connectivity index (χ0) is 71.6. The van der Waals surface area contributed by atoms with Crippen molar-refractivity contribution in [3.05, 3.63) is 183 Å². The van der Waals surface area contributed by atoms with Crippen LogP contribution in [0.5, 0.6) is 0 Å². The predicted molar refractivity (Wildman–Crippen MR) is 339 cm³/mol. The molecule has 512 valence electrons. The molecule has 6 rings (SSSR count). The summed E-state index contributed by atoms with van der Waals surface area (Å²) in [6.45, 7) is 41.0. The Balaban J connectivity index is 0.000000344. The monoisotopic (exact) mass is 1420 g/mol. The number of rotatable bonds is 9. The van der Waals surface area contributed by atoms with Gasteiger partial charge >= 0.3 is 22.0 Å². The molecule has 6 aromatic carbocycles. The number of benzene rings is 6. The van der Waals surface area contributed by atoms with Gasteiger partial charge in [0.25, 0.3) is 0 Å². The molecule has 27 heteroatoms. The van der Waals surface area contributed by atoms with Crippen LogP contribution >= 0.6 is 0 Å². The van der Waals surface area contributed by atoms with Crippen molar-refractivity contribution in [2.45, 2.75) is 209 Å². The molecular formula is C65H78F12O9S6. The highest BCUT2D eigenvalue weighted by Crippen LogP contribution is 2.48. The highest BCUT2D eigenvalue weighted by Gasteiger charge is 2.63. The first-order chi connectivity index (χ1) is 40.9. The zero-order valence-corrected chi connectivity index (χ0v) is 58.9. The second-order valence-electron chi connectivity index (χ2n) is 27.3. The maximum Gasteiger partial charge on any atom is 0.485 e. The summed E-state index contributed by atoms with van der Waals surface area (Å²) >= 11 is 0. The van der Waals surface area contributed by atoms with E-state index in [-0.39, 0.29) is 54.3 Å². The molecule has 0 aliphatic carbocycles. The molecule has 9 nitrogen and oxygen atoms in total. The standard InChI is InChI=1S/2C30H39S.C4F9O6S3.CHF3O3S/c2*1-28(2,3)22-10-16-25(17-11-22)31(26-18-12-23(13-19-26)29(4,5)6)27-20-14-24(15-21-27)30(7,8)9;5-2(6,7)20(14,15)1(21(16,17)3(8,9)10)22(18,19)4(11,12)13;2-1(3,4)8(5,6)7/h2*10-21H,1-9H3;;(H,5,6,7)/q2*+1;-1;/p-1. The molecule has 0 saturated carbocycles. The van der Waals surface area contributed by atoms with Gasteiger partial charge in [-0.05, 0) is 139 Å². The van der Waals surface area contributed by atoms with Gasteiger partial charge in [0.15, 0.2) is 69.0 Å². The summed E-state index contributed by atoms with van der Waals surface area (Å²) in [5, 5.41) is 0. The van der Waals surface area contributed by atoms with Gasteiger partial charge < -0.3 is 4.55 Å².